The molecule has 4 unspecified atom stereocenters. The van der Waals surface area contributed by atoms with Crippen LogP contribution < -0.4 is 10.6 Å². The number of carbonyl (C=O) groups excluding carboxylic acids is 1. The highest BCUT2D eigenvalue weighted by Gasteiger charge is 2.34. The highest BCUT2D eigenvalue weighted by atomic mass is 16.5. The van der Waals surface area contributed by atoms with Crippen molar-refractivity contribution in [3.05, 3.63) is 0 Å². The lowest BCUT2D eigenvalue weighted by molar-refractivity contribution is -0.127. The maximum atomic E-state index is 12.3. The molecule has 0 saturated carbocycles. The molecule has 0 bridgehead atoms. The first-order chi connectivity index (χ1) is 9.20. The molecule has 4 atom stereocenters. The molecular weight excluding hydrogens is 244 g/mol. The Morgan fingerprint density at radius 1 is 1.37 bits per heavy atom. The van der Waals surface area contributed by atoms with E-state index in [0.717, 1.165) is 32.4 Å². The van der Waals surface area contributed by atoms with Gasteiger partial charge in [-0.25, -0.2) is 0 Å². The van der Waals surface area contributed by atoms with Gasteiger partial charge in [-0.05, 0) is 32.7 Å². The van der Waals surface area contributed by atoms with Gasteiger partial charge in [-0.15, -0.1) is 0 Å². The van der Waals surface area contributed by atoms with E-state index in [2.05, 4.69) is 24.5 Å². The normalized spacial score (nSPS) is 35.3. The standard InChI is InChI=1S/C14H26N2O3/c1-3-5-15-13-9-18-8-12(13)14(17)16-11-4-6-19-10(2)7-11/h10-13,15H,3-9H2,1-2H3,(H,16,17). The first-order valence-corrected chi connectivity index (χ1v) is 7.43. The molecule has 5 nitrogen and oxygen atoms in total. The summed E-state index contributed by atoms with van der Waals surface area (Å²) in [6.45, 7) is 7.04. The van der Waals surface area contributed by atoms with Crippen molar-refractivity contribution in [2.24, 2.45) is 5.92 Å². The van der Waals surface area contributed by atoms with Gasteiger partial charge in [0.25, 0.3) is 0 Å². The molecule has 1 amide bonds. The molecule has 0 spiro atoms. The van der Waals surface area contributed by atoms with Gasteiger partial charge >= 0.3 is 0 Å². The van der Waals surface area contributed by atoms with Gasteiger partial charge in [0.15, 0.2) is 0 Å². The monoisotopic (exact) mass is 270 g/mol. The Balaban J connectivity index is 1.81. The van der Waals surface area contributed by atoms with Gasteiger partial charge in [0.1, 0.15) is 0 Å². The molecule has 19 heavy (non-hydrogen) atoms. The van der Waals surface area contributed by atoms with Crippen LogP contribution in [0.5, 0.6) is 0 Å². The Labute approximate surface area is 115 Å². The second kappa shape index (κ2) is 7.22. The van der Waals surface area contributed by atoms with Gasteiger partial charge in [0.2, 0.25) is 5.91 Å². The minimum absolute atomic E-state index is 0.0512. The zero-order valence-corrected chi connectivity index (χ0v) is 12.0. The Morgan fingerprint density at radius 2 is 2.21 bits per heavy atom. The molecule has 0 aromatic carbocycles. The molecule has 2 saturated heterocycles. The van der Waals surface area contributed by atoms with Gasteiger partial charge in [0.05, 0.1) is 25.2 Å². The highest BCUT2D eigenvalue weighted by Crippen LogP contribution is 2.17. The number of hydrogen-bond acceptors (Lipinski definition) is 4. The molecular formula is C14H26N2O3. The fraction of sp³-hybridized carbons (Fsp3) is 0.929. The van der Waals surface area contributed by atoms with Crippen LogP contribution in [0, 0.1) is 5.92 Å². The summed E-state index contributed by atoms with van der Waals surface area (Å²) in [6.07, 6.45) is 3.14. The SMILES string of the molecule is CCCNC1COCC1C(=O)NC1CCOC(C)C1. The van der Waals surface area contributed by atoms with Crippen LogP contribution in [0.3, 0.4) is 0 Å². The topological polar surface area (TPSA) is 59.6 Å². The molecule has 0 aromatic heterocycles. The predicted molar refractivity (Wildman–Crippen MR) is 73.0 cm³/mol. The van der Waals surface area contributed by atoms with E-state index in [0.29, 0.717) is 13.2 Å². The summed E-state index contributed by atoms with van der Waals surface area (Å²) in [5.74, 6) is 0.0786. The van der Waals surface area contributed by atoms with Crippen molar-refractivity contribution in [1.82, 2.24) is 10.6 Å². The summed E-state index contributed by atoms with van der Waals surface area (Å²) in [4.78, 5) is 12.3. The van der Waals surface area contributed by atoms with E-state index in [9.17, 15) is 4.79 Å². The van der Waals surface area contributed by atoms with Gasteiger partial charge in [-0.2, -0.15) is 0 Å². The molecule has 2 aliphatic heterocycles. The van der Waals surface area contributed by atoms with Gasteiger partial charge in [-0.3, -0.25) is 4.79 Å². The van der Waals surface area contributed by atoms with Crippen LogP contribution >= 0.6 is 0 Å². The van der Waals surface area contributed by atoms with E-state index < -0.39 is 0 Å². The van der Waals surface area contributed by atoms with Crippen LogP contribution in [0.25, 0.3) is 0 Å². The summed E-state index contributed by atoms with van der Waals surface area (Å²) in [7, 11) is 0. The smallest absolute Gasteiger partial charge is 0.227 e. The molecule has 2 aliphatic rings. The number of amides is 1. The Morgan fingerprint density at radius 3 is 2.95 bits per heavy atom. The molecule has 2 rings (SSSR count). The number of nitrogens with one attached hydrogen (secondary N) is 2. The fourth-order valence-electron chi connectivity index (χ4n) is 2.78. The number of hydrogen-bond donors (Lipinski definition) is 2. The highest BCUT2D eigenvalue weighted by molar-refractivity contribution is 5.80. The molecule has 2 N–H and O–H groups in total. The lowest BCUT2D eigenvalue weighted by Gasteiger charge is -2.29. The van der Waals surface area contributed by atoms with Crippen LogP contribution in [0.4, 0.5) is 0 Å². The maximum absolute atomic E-state index is 12.3. The minimum Gasteiger partial charge on any atom is -0.379 e. The van der Waals surface area contributed by atoms with Crippen molar-refractivity contribution in [1.29, 1.82) is 0 Å². The van der Waals surface area contributed by atoms with Crippen LogP contribution in [0.2, 0.25) is 0 Å². The van der Waals surface area contributed by atoms with E-state index in [4.69, 9.17) is 9.47 Å². The van der Waals surface area contributed by atoms with E-state index in [1.807, 2.05) is 0 Å². The van der Waals surface area contributed by atoms with E-state index in [1.54, 1.807) is 0 Å². The maximum Gasteiger partial charge on any atom is 0.227 e. The molecule has 2 heterocycles. The van der Waals surface area contributed by atoms with Crippen molar-refractivity contribution in [2.75, 3.05) is 26.4 Å². The van der Waals surface area contributed by atoms with E-state index in [1.165, 1.54) is 0 Å². The Hall–Kier alpha value is -0.650. The molecule has 5 heteroatoms. The zero-order chi connectivity index (χ0) is 13.7. The summed E-state index contributed by atoms with van der Waals surface area (Å²) < 4.78 is 11.0. The first-order valence-electron chi connectivity index (χ1n) is 7.43. The van der Waals surface area contributed by atoms with E-state index >= 15 is 0 Å². The molecule has 0 aromatic rings. The third-order valence-corrected chi connectivity index (χ3v) is 3.91. The summed E-state index contributed by atoms with van der Waals surface area (Å²) >= 11 is 0. The third-order valence-electron chi connectivity index (χ3n) is 3.91. The quantitative estimate of drug-likeness (QED) is 0.771. The summed E-state index contributed by atoms with van der Waals surface area (Å²) in [5, 5.41) is 6.56. The molecule has 2 fully saturated rings. The van der Waals surface area contributed by atoms with Crippen LogP contribution in [0.1, 0.15) is 33.1 Å². The Bertz CT molecular complexity index is 298. The number of carbonyl (C=O) groups is 1. The summed E-state index contributed by atoms with van der Waals surface area (Å²) in [5.41, 5.74) is 0. The van der Waals surface area contributed by atoms with Crippen LogP contribution in [-0.4, -0.2) is 50.5 Å². The van der Waals surface area contributed by atoms with Gasteiger partial charge < -0.3 is 20.1 Å². The third kappa shape index (κ3) is 4.16. The van der Waals surface area contributed by atoms with Gasteiger partial charge in [0, 0.05) is 18.7 Å². The number of ether oxygens (including phenoxy) is 2. The van der Waals surface area contributed by atoms with Crippen LogP contribution in [-0.2, 0) is 14.3 Å². The lowest BCUT2D eigenvalue weighted by atomic mass is 9.99. The fourth-order valence-corrected chi connectivity index (χ4v) is 2.78. The van der Waals surface area contributed by atoms with Crippen molar-refractivity contribution in [3.8, 4) is 0 Å². The van der Waals surface area contributed by atoms with Crippen molar-refractivity contribution in [2.45, 2.75) is 51.3 Å². The van der Waals surface area contributed by atoms with Crippen molar-refractivity contribution < 1.29 is 14.3 Å². The second-order valence-electron chi connectivity index (χ2n) is 5.62. The predicted octanol–water partition coefficient (Wildman–Crippen LogP) is 0.685. The zero-order valence-electron chi connectivity index (χ0n) is 12.0. The van der Waals surface area contributed by atoms with Crippen molar-refractivity contribution >= 4 is 5.91 Å². The number of rotatable bonds is 5. The lowest BCUT2D eigenvalue weighted by Crippen LogP contribution is -2.49. The van der Waals surface area contributed by atoms with Crippen molar-refractivity contribution in [3.63, 3.8) is 0 Å². The van der Waals surface area contributed by atoms with Gasteiger partial charge in [-0.1, -0.05) is 6.92 Å². The second-order valence-corrected chi connectivity index (χ2v) is 5.62. The molecule has 110 valence electrons. The average molecular weight is 270 g/mol. The molecule has 0 radical (unpaired) electrons. The van der Waals surface area contributed by atoms with E-state index in [-0.39, 0.29) is 30.0 Å². The average Bonchev–Trinajstić information content (AvgIpc) is 2.84. The summed E-state index contributed by atoms with van der Waals surface area (Å²) in [6, 6.07) is 0.417. The minimum atomic E-state index is -0.0512. The Kier molecular flexibility index (Phi) is 5.60. The molecule has 0 aliphatic carbocycles. The largest absolute Gasteiger partial charge is 0.379 e. The first kappa shape index (κ1) is 14.8. The van der Waals surface area contributed by atoms with Crippen LogP contribution in [0.15, 0.2) is 0 Å².